The van der Waals surface area contributed by atoms with Crippen LogP contribution in [0, 0.1) is 23.7 Å². The zero-order valence-electron chi connectivity index (χ0n) is 18.1. The Labute approximate surface area is 182 Å². The van der Waals surface area contributed by atoms with E-state index in [1.807, 2.05) is 12.1 Å². The van der Waals surface area contributed by atoms with Crippen molar-refractivity contribution in [2.24, 2.45) is 23.7 Å². The van der Waals surface area contributed by atoms with E-state index >= 15 is 0 Å². The fourth-order valence-electron chi connectivity index (χ4n) is 6.35. The third-order valence-corrected chi connectivity index (χ3v) is 7.46. The molecule has 0 amide bonds. The molecule has 4 saturated carbocycles. The zero-order chi connectivity index (χ0) is 21.5. The van der Waals surface area contributed by atoms with Gasteiger partial charge in [-0.25, -0.2) is 9.59 Å². The highest BCUT2D eigenvalue weighted by Gasteiger charge is 2.47. The Morgan fingerprint density at radius 3 is 2.03 bits per heavy atom. The van der Waals surface area contributed by atoms with Crippen molar-refractivity contribution in [1.29, 1.82) is 0 Å². The van der Waals surface area contributed by atoms with Crippen molar-refractivity contribution >= 4 is 11.9 Å². The molecule has 31 heavy (non-hydrogen) atoms. The highest BCUT2D eigenvalue weighted by atomic mass is 16.5. The van der Waals surface area contributed by atoms with E-state index in [-0.39, 0.29) is 11.1 Å². The highest BCUT2D eigenvalue weighted by Crippen LogP contribution is 2.53. The second-order valence-corrected chi connectivity index (χ2v) is 9.39. The van der Waals surface area contributed by atoms with Crippen LogP contribution in [0.5, 0.6) is 0 Å². The molecule has 1 aromatic heterocycles. The average Bonchev–Trinajstić information content (AvgIpc) is 3.26. The van der Waals surface area contributed by atoms with Crippen LogP contribution in [-0.2, 0) is 16.0 Å². The summed E-state index contributed by atoms with van der Waals surface area (Å²) in [6.45, 7) is 0.688. The molecule has 4 bridgehead atoms. The van der Waals surface area contributed by atoms with E-state index in [9.17, 15) is 9.59 Å². The number of methoxy groups -OCH3 is 2. The van der Waals surface area contributed by atoms with Crippen LogP contribution in [0.15, 0.2) is 34.7 Å². The molecule has 0 spiro atoms. The molecule has 1 aromatic carbocycles. The Morgan fingerprint density at radius 2 is 1.48 bits per heavy atom. The maximum absolute atomic E-state index is 12.0. The van der Waals surface area contributed by atoms with Gasteiger partial charge in [0.05, 0.1) is 31.9 Å². The number of nitrogens with one attached hydrogen (secondary N) is 1. The lowest BCUT2D eigenvalue weighted by molar-refractivity contribution is -0.0147. The molecule has 164 valence electrons. The summed E-state index contributed by atoms with van der Waals surface area (Å²) in [5.74, 6) is 3.98. The van der Waals surface area contributed by atoms with E-state index in [2.05, 4.69) is 5.32 Å². The number of rotatable bonds is 6. The van der Waals surface area contributed by atoms with Crippen molar-refractivity contribution in [2.45, 2.75) is 44.7 Å². The van der Waals surface area contributed by atoms with Crippen molar-refractivity contribution in [3.8, 4) is 11.3 Å². The van der Waals surface area contributed by atoms with Crippen LogP contribution in [0.1, 0.15) is 58.6 Å². The van der Waals surface area contributed by atoms with Gasteiger partial charge in [-0.1, -0.05) is 0 Å². The maximum atomic E-state index is 12.0. The van der Waals surface area contributed by atoms with Crippen molar-refractivity contribution in [3.05, 3.63) is 47.2 Å². The smallest absolute Gasteiger partial charge is 0.337 e. The molecule has 0 aliphatic heterocycles. The molecule has 6 heteroatoms. The van der Waals surface area contributed by atoms with Gasteiger partial charge < -0.3 is 19.2 Å². The molecule has 4 aliphatic rings. The van der Waals surface area contributed by atoms with Gasteiger partial charge in [-0.05, 0) is 86.1 Å². The number of carbonyl (C=O) groups excluding carboxylic acids is 2. The fourth-order valence-corrected chi connectivity index (χ4v) is 6.35. The van der Waals surface area contributed by atoms with Gasteiger partial charge in [0.1, 0.15) is 11.5 Å². The third kappa shape index (κ3) is 3.89. The fraction of sp³-hybridized carbons (Fsp3) is 0.520. The SMILES string of the molecule is COC(=O)c1cc(C(=O)OC)cc(-c2ccc(CNC3C4CC5CC(C4)CC3C5)o2)c1. The summed E-state index contributed by atoms with van der Waals surface area (Å²) < 4.78 is 15.7. The predicted molar refractivity (Wildman–Crippen MR) is 114 cm³/mol. The first-order valence-corrected chi connectivity index (χ1v) is 11.2. The number of hydrogen-bond donors (Lipinski definition) is 1. The van der Waals surface area contributed by atoms with Gasteiger partial charge in [0.15, 0.2) is 0 Å². The summed E-state index contributed by atoms with van der Waals surface area (Å²) in [4.78, 5) is 24.1. The minimum Gasteiger partial charge on any atom is -0.465 e. The van der Waals surface area contributed by atoms with Crippen molar-refractivity contribution in [2.75, 3.05) is 14.2 Å². The van der Waals surface area contributed by atoms with Crippen LogP contribution in [0.4, 0.5) is 0 Å². The Morgan fingerprint density at radius 1 is 0.903 bits per heavy atom. The molecule has 2 aromatic rings. The van der Waals surface area contributed by atoms with Crippen LogP contribution < -0.4 is 5.32 Å². The lowest BCUT2D eigenvalue weighted by atomic mass is 9.54. The van der Waals surface area contributed by atoms with E-state index in [0.29, 0.717) is 23.9 Å². The first-order chi connectivity index (χ1) is 15.0. The summed E-state index contributed by atoms with van der Waals surface area (Å²) in [6.07, 6.45) is 6.98. The van der Waals surface area contributed by atoms with Gasteiger partial charge in [-0.15, -0.1) is 0 Å². The molecule has 0 atom stereocenters. The van der Waals surface area contributed by atoms with E-state index in [1.165, 1.54) is 52.4 Å². The quantitative estimate of drug-likeness (QED) is 0.693. The number of benzene rings is 1. The molecule has 6 nitrogen and oxygen atoms in total. The standard InChI is InChI=1S/C25H29NO5/c1-29-24(27)19-10-16(11-20(12-19)25(28)30-2)22-4-3-21(31-22)13-26-23-17-6-14-5-15(8-17)9-18(23)7-14/h3-4,10-12,14-15,17-18,23,26H,5-9,13H2,1-2H3. The van der Waals surface area contributed by atoms with Crippen molar-refractivity contribution < 1.29 is 23.5 Å². The Hall–Kier alpha value is -2.60. The minimum atomic E-state index is -0.512. The maximum Gasteiger partial charge on any atom is 0.337 e. The molecule has 1 N–H and O–H groups in total. The van der Waals surface area contributed by atoms with Crippen molar-refractivity contribution in [3.63, 3.8) is 0 Å². The Kier molecular flexibility index (Phi) is 5.34. The minimum absolute atomic E-state index is 0.282. The van der Waals surface area contributed by atoms with Crippen LogP contribution >= 0.6 is 0 Å². The molecule has 0 unspecified atom stereocenters. The second kappa shape index (κ2) is 8.15. The van der Waals surface area contributed by atoms with Crippen LogP contribution in [0.3, 0.4) is 0 Å². The van der Waals surface area contributed by atoms with Gasteiger partial charge in [0, 0.05) is 11.6 Å². The molecule has 0 radical (unpaired) electrons. The Balaban J connectivity index is 1.32. The monoisotopic (exact) mass is 423 g/mol. The van der Waals surface area contributed by atoms with Gasteiger partial charge in [-0.3, -0.25) is 0 Å². The van der Waals surface area contributed by atoms with E-state index in [4.69, 9.17) is 13.9 Å². The molecular weight excluding hydrogens is 394 g/mol. The molecule has 0 saturated heterocycles. The number of ether oxygens (including phenoxy) is 2. The summed E-state index contributed by atoms with van der Waals surface area (Å²) >= 11 is 0. The predicted octanol–water partition coefficient (Wildman–Crippen LogP) is 4.43. The molecule has 4 aliphatic carbocycles. The van der Waals surface area contributed by atoms with Crippen LogP contribution in [0.2, 0.25) is 0 Å². The largest absolute Gasteiger partial charge is 0.465 e. The molecule has 4 fully saturated rings. The molecular formula is C25H29NO5. The molecule has 1 heterocycles. The van der Waals surface area contributed by atoms with E-state index < -0.39 is 11.9 Å². The lowest BCUT2D eigenvalue weighted by Gasteiger charge is -2.54. The average molecular weight is 424 g/mol. The Bertz CT molecular complexity index is 931. The summed E-state index contributed by atoms with van der Waals surface area (Å²) in [5.41, 5.74) is 1.21. The topological polar surface area (TPSA) is 77.8 Å². The number of esters is 2. The summed E-state index contributed by atoms with van der Waals surface area (Å²) in [5, 5.41) is 3.78. The highest BCUT2D eigenvalue weighted by molar-refractivity contribution is 5.97. The van der Waals surface area contributed by atoms with Crippen LogP contribution in [0.25, 0.3) is 11.3 Å². The van der Waals surface area contributed by atoms with Gasteiger partial charge in [-0.2, -0.15) is 0 Å². The van der Waals surface area contributed by atoms with Gasteiger partial charge in [0.25, 0.3) is 0 Å². The van der Waals surface area contributed by atoms with Gasteiger partial charge in [0.2, 0.25) is 0 Å². The zero-order valence-corrected chi connectivity index (χ0v) is 18.1. The normalized spacial score (nSPS) is 28.5. The number of hydrogen-bond acceptors (Lipinski definition) is 6. The van der Waals surface area contributed by atoms with E-state index in [1.54, 1.807) is 12.1 Å². The summed E-state index contributed by atoms with van der Waals surface area (Å²) in [6, 6.07) is 9.25. The summed E-state index contributed by atoms with van der Waals surface area (Å²) in [7, 11) is 2.63. The lowest BCUT2D eigenvalue weighted by Crippen LogP contribution is -2.54. The number of furan rings is 1. The van der Waals surface area contributed by atoms with Crippen molar-refractivity contribution in [1.82, 2.24) is 5.32 Å². The second-order valence-electron chi connectivity index (χ2n) is 9.39. The van der Waals surface area contributed by atoms with Crippen LogP contribution in [-0.4, -0.2) is 32.2 Å². The van der Waals surface area contributed by atoms with E-state index in [0.717, 1.165) is 29.4 Å². The third-order valence-electron chi connectivity index (χ3n) is 7.46. The first kappa shape index (κ1) is 20.3. The molecule has 6 rings (SSSR count). The van der Waals surface area contributed by atoms with Gasteiger partial charge >= 0.3 is 11.9 Å². The number of carbonyl (C=O) groups is 2. The first-order valence-electron chi connectivity index (χ1n) is 11.2.